The molecule has 0 amide bonds. The Kier molecular flexibility index (Phi) is 4.32. The molecule has 1 heterocycles. The number of thiazole rings is 1. The van der Waals surface area contributed by atoms with E-state index >= 15 is 0 Å². The van der Waals surface area contributed by atoms with Crippen LogP contribution in [-0.4, -0.2) is 23.2 Å². The van der Waals surface area contributed by atoms with E-state index in [1.165, 1.54) is 29.8 Å². The van der Waals surface area contributed by atoms with Crippen molar-refractivity contribution in [3.63, 3.8) is 0 Å². The molecule has 1 aliphatic carbocycles. The summed E-state index contributed by atoms with van der Waals surface area (Å²) in [4.78, 5) is 5.96. The quantitative estimate of drug-likeness (QED) is 0.774. The van der Waals surface area contributed by atoms with Gasteiger partial charge in [-0.3, -0.25) is 0 Å². The summed E-state index contributed by atoms with van der Waals surface area (Å²) in [6, 6.07) is 0. The Morgan fingerprint density at radius 3 is 3.19 bits per heavy atom. The third kappa shape index (κ3) is 2.62. The molecular formula is C12H20N2OS. The second-order valence-corrected chi connectivity index (χ2v) is 5.54. The lowest BCUT2D eigenvalue weighted by Gasteiger charge is -2.21. The Balaban J connectivity index is 2.03. The van der Waals surface area contributed by atoms with Crippen molar-refractivity contribution < 1.29 is 5.11 Å². The van der Waals surface area contributed by atoms with E-state index < -0.39 is 0 Å². The topological polar surface area (TPSA) is 45.1 Å². The minimum absolute atomic E-state index is 0.0901. The largest absolute Gasteiger partial charge is 0.389 e. The molecule has 0 aromatic carbocycles. The zero-order valence-corrected chi connectivity index (χ0v) is 10.6. The van der Waals surface area contributed by atoms with E-state index in [2.05, 4.69) is 17.2 Å². The highest BCUT2D eigenvalue weighted by Crippen LogP contribution is 2.34. The molecule has 1 aromatic heterocycles. The highest BCUT2D eigenvalue weighted by Gasteiger charge is 2.23. The summed E-state index contributed by atoms with van der Waals surface area (Å²) in [5.74, 6) is 0.562. The van der Waals surface area contributed by atoms with E-state index in [9.17, 15) is 0 Å². The van der Waals surface area contributed by atoms with Crippen LogP contribution in [0.3, 0.4) is 0 Å². The number of nitrogens with zero attached hydrogens (tertiary/aromatic N) is 1. The normalized spacial score (nSPS) is 19.8. The molecule has 0 fully saturated rings. The van der Waals surface area contributed by atoms with Crippen molar-refractivity contribution in [3.05, 3.63) is 15.6 Å². The van der Waals surface area contributed by atoms with Crippen molar-refractivity contribution >= 4 is 11.3 Å². The molecule has 1 aromatic rings. The van der Waals surface area contributed by atoms with Gasteiger partial charge in [-0.25, -0.2) is 4.98 Å². The smallest absolute Gasteiger partial charge is 0.119 e. The van der Waals surface area contributed by atoms with Crippen molar-refractivity contribution in [1.29, 1.82) is 0 Å². The number of hydrogen-bond acceptors (Lipinski definition) is 4. The third-order valence-electron chi connectivity index (χ3n) is 3.07. The van der Waals surface area contributed by atoms with E-state index in [1.807, 2.05) is 0 Å². The van der Waals surface area contributed by atoms with Crippen LogP contribution in [-0.2, 0) is 13.0 Å². The van der Waals surface area contributed by atoms with Gasteiger partial charge in [0.1, 0.15) is 5.01 Å². The first-order valence-electron chi connectivity index (χ1n) is 6.15. The highest BCUT2D eigenvalue weighted by molar-refractivity contribution is 7.11. The maximum absolute atomic E-state index is 9.12. The molecule has 3 nitrogen and oxygen atoms in total. The van der Waals surface area contributed by atoms with Crippen molar-refractivity contribution in [2.24, 2.45) is 0 Å². The molecule has 0 saturated heterocycles. The molecule has 1 unspecified atom stereocenters. The van der Waals surface area contributed by atoms with Crippen molar-refractivity contribution in [1.82, 2.24) is 10.3 Å². The molecule has 1 aliphatic rings. The summed E-state index contributed by atoms with van der Waals surface area (Å²) in [5, 5.41) is 13.5. The van der Waals surface area contributed by atoms with Gasteiger partial charge in [0, 0.05) is 17.3 Å². The first-order chi connectivity index (χ1) is 7.85. The van der Waals surface area contributed by atoms with E-state index in [-0.39, 0.29) is 6.61 Å². The van der Waals surface area contributed by atoms with Crippen LogP contribution in [0.5, 0.6) is 0 Å². The maximum atomic E-state index is 9.12. The molecule has 0 bridgehead atoms. The van der Waals surface area contributed by atoms with Crippen LogP contribution in [0.2, 0.25) is 0 Å². The zero-order valence-electron chi connectivity index (χ0n) is 9.83. The summed E-state index contributed by atoms with van der Waals surface area (Å²) < 4.78 is 0. The van der Waals surface area contributed by atoms with Crippen molar-refractivity contribution in [2.45, 2.75) is 45.1 Å². The van der Waals surface area contributed by atoms with Crippen LogP contribution < -0.4 is 5.32 Å². The van der Waals surface area contributed by atoms with Crippen LogP contribution in [0.15, 0.2) is 0 Å². The Bertz CT molecular complexity index is 338. The van der Waals surface area contributed by atoms with E-state index in [1.54, 1.807) is 11.3 Å². The van der Waals surface area contributed by atoms with Gasteiger partial charge in [0.2, 0.25) is 0 Å². The predicted molar refractivity (Wildman–Crippen MR) is 66.9 cm³/mol. The molecule has 0 aliphatic heterocycles. The van der Waals surface area contributed by atoms with Crippen molar-refractivity contribution in [3.8, 4) is 0 Å². The monoisotopic (exact) mass is 240 g/mol. The highest BCUT2D eigenvalue weighted by atomic mass is 32.1. The lowest BCUT2D eigenvalue weighted by atomic mass is 9.91. The number of aliphatic hydroxyl groups excluding tert-OH is 1. The Hall–Kier alpha value is -0.450. The van der Waals surface area contributed by atoms with E-state index in [4.69, 9.17) is 5.11 Å². The average molecular weight is 240 g/mol. The number of fused-ring (bicyclic) bond motifs is 1. The van der Waals surface area contributed by atoms with Crippen LogP contribution >= 0.6 is 11.3 Å². The predicted octanol–water partition coefficient (Wildman–Crippen LogP) is 2.05. The summed E-state index contributed by atoms with van der Waals surface area (Å²) in [6.07, 6.45) is 4.83. The molecule has 4 heteroatoms. The summed E-state index contributed by atoms with van der Waals surface area (Å²) in [7, 11) is 0. The summed E-state index contributed by atoms with van der Waals surface area (Å²) >= 11 is 1.69. The fourth-order valence-electron chi connectivity index (χ4n) is 2.28. The van der Waals surface area contributed by atoms with Gasteiger partial charge in [-0.1, -0.05) is 6.92 Å². The second-order valence-electron chi connectivity index (χ2n) is 4.37. The number of aryl methyl sites for hydroxylation is 1. The molecule has 90 valence electrons. The number of aliphatic hydroxyl groups is 1. The lowest BCUT2D eigenvalue weighted by Crippen LogP contribution is -2.24. The molecule has 0 radical (unpaired) electrons. The summed E-state index contributed by atoms with van der Waals surface area (Å²) in [6.45, 7) is 4.40. The molecule has 1 atom stereocenters. The summed E-state index contributed by atoms with van der Waals surface area (Å²) in [5.41, 5.74) is 1.25. The molecule has 0 spiro atoms. The SMILES string of the molecule is CCCNCC1CCCc2sc(CO)nc21. The minimum Gasteiger partial charge on any atom is -0.389 e. The van der Waals surface area contributed by atoms with Gasteiger partial charge in [0.05, 0.1) is 12.3 Å². The minimum atomic E-state index is 0.0901. The standard InChI is InChI=1S/C12H20N2OS/c1-2-6-13-7-9-4-3-5-10-12(9)14-11(8-15)16-10/h9,13,15H,2-8H2,1H3. The molecule has 16 heavy (non-hydrogen) atoms. The van der Waals surface area contributed by atoms with Gasteiger partial charge in [-0.15, -0.1) is 11.3 Å². The Morgan fingerprint density at radius 1 is 1.56 bits per heavy atom. The van der Waals surface area contributed by atoms with Crippen LogP contribution in [0.25, 0.3) is 0 Å². The number of nitrogens with one attached hydrogen (secondary N) is 1. The molecule has 2 rings (SSSR count). The van der Waals surface area contributed by atoms with Gasteiger partial charge in [0.25, 0.3) is 0 Å². The fourth-order valence-corrected chi connectivity index (χ4v) is 3.33. The number of rotatable bonds is 5. The molecule has 0 saturated carbocycles. The lowest BCUT2D eigenvalue weighted by molar-refractivity contribution is 0.280. The van der Waals surface area contributed by atoms with Gasteiger partial charge in [-0.05, 0) is 32.2 Å². The molecular weight excluding hydrogens is 220 g/mol. The van der Waals surface area contributed by atoms with Crippen LogP contribution in [0, 0.1) is 0 Å². The first kappa shape index (κ1) is 12.0. The van der Waals surface area contributed by atoms with Crippen LogP contribution in [0.1, 0.15) is 47.7 Å². The average Bonchev–Trinajstić information content (AvgIpc) is 2.73. The second kappa shape index (κ2) is 5.75. The fraction of sp³-hybridized carbons (Fsp3) is 0.750. The van der Waals surface area contributed by atoms with Gasteiger partial charge >= 0.3 is 0 Å². The van der Waals surface area contributed by atoms with Gasteiger partial charge in [-0.2, -0.15) is 0 Å². The van der Waals surface area contributed by atoms with Crippen LogP contribution in [0.4, 0.5) is 0 Å². The number of hydrogen-bond donors (Lipinski definition) is 2. The Morgan fingerprint density at radius 2 is 2.44 bits per heavy atom. The third-order valence-corrected chi connectivity index (χ3v) is 4.18. The zero-order chi connectivity index (χ0) is 11.4. The number of aromatic nitrogens is 1. The van der Waals surface area contributed by atoms with Gasteiger partial charge < -0.3 is 10.4 Å². The molecule has 2 N–H and O–H groups in total. The maximum Gasteiger partial charge on any atom is 0.119 e. The van der Waals surface area contributed by atoms with Crippen molar-refractivity contribution in [2.75, 3.05) is 13.1 Å². The first-order valence-corrected chi connectivity index (χ1v) is 6.96. The Labute approximate surface area is 101 Å². The van der Waals surface area contributed by atoms with E-state index in [0.717, 1.165) is 24.5 Å². The van der Waals surface area contributed by atoms with Gasteiger partial charge in [0.15, 0.2) is 0 Å². The van der Waals surface area contributed by atoms with E-state index in [0.29, 0.717) is 5.92 Å².